The lowest BCUT2D eigenvalue weighted by molar-refractivity contribution is 0.0181. The lowest BCUT2D eigenvalue weighted by atomic mass is 9.90. The van der Waals surface area contributed by atoms with Crippen molar-refractivity contribution < 1.29 is 9.53 Å². The molecule has 0 aromatic heterocycles. The zero-order chi connectivity index (χ0) is 16.6. The van der Waals surface area contributed by atoms with E-state index < -0.39 is 5.60 Å². The molecule has 0 aliphatic heterocycles. The number of ether oxygens (including phenoxy) is 1. The van der Waals surface area contributed by atoms with E-state index in [0.29, 0.717) is 18.7 Å². The van der Waals surface area contributed by atoms with Crippen molar-refractivity contribution in [3.8, 4) is 0 Å². The molecule has 0 bridgehead atoms. The molecular weight excluding hydrogens is 264 g/mol. The molecule has 122 valence electrons. The Morgan fingerprint density at radius 3 is 2.33 bits per heavy atom. The lowest BCUT2D eigenvalue weighted by Crippen LogP contribution is -2.49. The molecule has 1 N–H and O–H groups in total. The Kier molecular flexibility index (Phi) is 8.30. The fourth-order valence-electron chi connectivity index (χ4n) is 2.35. The van der Waals surface area contributed by atoms with Crippen molar-refractivity contribution in [2.45, 2.75) is 72.4 Å². The smallest absolute Gasteiger partial charge is 0.410 e. The molecule has 0 aliphatic rings. The summed E-state index contributed by atoms with van der Waals surface area (Å²) in [6.45, 7) is 15.8. The fraction of sp³-hybridized carbons (Fsp3) is 0.765. The largest absolute Gasteiger partial charge is 0.444 e. The Balaban J connectivity index is 5.20. The van der Waals surface area contributed by atoms with Gasteiger partial charge in [0.25, 0.3) is 0 Å². The molecule has 0 rings (SSSR count). The highest BCUT2D eigenvalue weighted by Crippen LogP contribution is 2.22. The van der Waals surface area contributed by atoms with Gasteiger partial charge < -0.3 is 10.1 Å². The van der Waals surface area contributed by atoms with E-state index in [0.717, 1.165) is 12.8 Å². The van der Waals surface area contributed by atoms with E-state index in [1.54, 1.807) is 4.90 Å². The van der Waals surface area contributed by atoms with E-state index in [4.69, 9.17) is 10.1 Å². The summed E-state index contributed by atoms with van der Waals surface area (Å²) in [4.78, 5) is 14.1. The Morgan fingerprint density at radius 2 is 1.95 bits per heavy atom. The van der Waals surface area contributed by atoms with Crippen LogP contribution in [0.1, 0.15) is 60.8 Å². The molecule has 0 heterocycles. The lowest BCUT2D eigenvalue weighted by Gasteiger charge is -2.36. The van der Waals surface area contributed by atoms with Crippen LogP contribution in [0.4, 0.5) is 4.79 Å². The van der Waals surface area contributed by atoms with Crippen LogP contribution in [-0.4, -0.2) is 34.9 Å². The number of hydrogen-bond donors (Lipinski definition) is 1. The number of carbonyl (C=O) groups is 1. The minimum atomic E-state index is -0.520. The Morgan fingerprint density at radius 1 is 1.38 bits per heavy atom. The van der Waals surface area contributed by atoms with Crippen molar-refractivity contribution in [3.05, 3.63) is 12.7 Å². The molecule has 4 nitrogen and oxygen atoms in total. The minimum Gasteiger partial charge on any atom is -0.444 e. The highest BCUT2D eigenvalue weighted by atomic mass is 16.6. The summed E-state index contributed by atoms with van der Waals surface area (Å²) in [5, 5.41) is 8.24. The van der Waals surface area contributed by atoms with E-state index >= 15 is 0 Å². The van der Waals surface area contributed by atoms with Crippen LogP contribution < -0.4 is 0 Å². The van der Waals surface area contributed by atoms with Gasteiger partial charge in [0.1, 0.15) is 5.60 Å². The molecule has 0 aliphatic carbocycles. The average molecular weight is 296 g/mol. The number of amides is 1. The van der Waals surface area contributed by atoms with E-state index in [1.165, 1.54) is 0 Å². The van der Waals surface area contributed by atoms with Crippen LogP contribution in [0.3, 0.4) is 0 Å². The quantitative estimate of drug-likeness (QED) is 0.524. The first-order chi connectivity index (χ1) is 9.67. The third kappa shape index (κ3) is 6.78. The van der Waals surface area contributed by atoms with Gasteiger partial charge >= 0.3 is 6.09 Å². The van der Waals surface area contributed by atoms with Crippen LogP contribution in [0, 0.1) is 11.3 Å². The molecule has 21 heavy (non-hydrogen) atoms. The van der Waals surface area contributed by atoms with Crippen LogP contribution >= 0.6 is 0 Å². The Labute approximate surface area is 130 Å². The third-order valence-electron chi connectivity index (χ3n) is 3.41. The van der Waals surface area contributed by atoms with Gasteiger partial charge in [0, 0.05) is 12.3 Å². The first-order valence-corrected chi connectivity index (χ1v) is 7.85. The van der Waals surface area contributed by atoms with Gasteiger partial charge in [-0.25, -0.2) is 4.79 Å². The predicted octanol–water partition coefficient (Wildman–Crippen LogP) is 4.64. The predicted molar refractivity (Wildman–Crippen MR) is 89.0 cm³/mol. The van der Waals surface area contributed by atoms with Crippen molar-refractivity contribution in [1.82, 2.24) is 4.90 Å². The number of hydrogen-bond acceptors (Lipinski definition) is 3. The number of carbonyl (C=O) groups excluding carboxylic acids is 1. The van der Waals surface area contributed by atoms with Crippen molar-refractivity contribution in [3.63, 3.8) is 0 Å². The molecule has 0 aromatic carbocycles. The van der Waals surface area contributed by atoms with Gasteiger partial charge in [-0.1, -0.05) is 19.9 Å². The Hall–Kier alpha value is -1.32. The average Bonchev–Trinajstić information content (AvgIpc) is 2.38. The van der Waals surface area contributed by atoms with E-state index in [9.17, 15) is 4.79 Å². The summed E-state index contributed by atoms with van der Waals surface area (Å²) in [6.07, 6.45) is 3.99. The first-order valence-electron chi connectivity index (χ1n) is 7.85. The second-order valence-corrected chi connectivity index (χ2v) is 6.43. The molecule has 0 fully saturated rings. The summed E-state index contributed by atoms with van der Waals surface area (Å²) < 4.78 is 5.49. The molecule has 0 radical (unpaired) electrons. The number of allylic oxidation sites excluding steroid dienone is 1. The van der Waals surface area contributed by atoms with Gasteiger partial charge in [0.2, 0.25) is 0 Å². The highest BCUT2D eigenvalue weighted by molar-refractivity contribution is 5.89. The maximum absolute atomic E-state index is 12.4. The zero-order valence-corrected chi connectivity index (χ0v) is 14.5. The van der Waals surface area contributed by atoms with Crippen LogP contribution in [0.5, 0.6) is 0 Å². The zero-order valence-electron chi connectivity index (χ0n) is 14.5. The highest BCUT2D eigenvalue weighted by Gasteiger charge is 2.32. The number of rotatable bonds is 8. The Bertz CT molecular complexity index is 358. The van der Waals surface area contributed by atoms with Gasteiger partial charge in [-0.2, -0.15) is 0 Å². The van der Waals surface area contributed by atoms with Crippen molar-refractivity contribution in [2.75, 3.05) is 6.54 Å². The second-order valence-electron chi connectivity index (χ2n) is 6.43. The van der Waals surface area contributed by atoms with Crippen molar-refractivity contribution >= 4 is 11.8 Å². The van der Waals surface area contributed by atoms with Gasteiger partial charge in [0.15, 0.2) is 0 Å². The van der Waals surface area contributed by atoms with Gasteiger partial charge in [0.05, 0.1) is 6.04 Å². The van der Waals surface area contributed by atoms with Gasteiger partial charge in [-0.15, -0.1) is 6.58 Å². The van der Waals surface area contributed by atoms with Crippen molar-refractivity contribution in [2.24, 2.45) is 5.92 Å². The molecule has 4 heteroatoms. The summed E-state index contributed by atoms with van der Waals surface area (Å²) in [6, 6.07) is -0.199. The molecule has 0 spiro atoms. The number of nitrogens with one attached hydrogen (secondary N) is 1. The topological polar surface area (TPSA) is 53.4 Å². The molecule has 0 saturated carbocycles. The van der Waals surface area contributed by atoms with E-state index in [-0.39, 0.29) is 18.1 Å². The standard InChI is InChI=1S/C17H32N2O2/c1-8-11-12-13(4)15(14(18)9-2)19(10-3)16(20)21-17(5,6)7/h8,13,15,18H,1,9-12H2,2-7H3/t13?,15-/m0/s1. The summed E-state index contributed by atoms with van der Waals surface area (Å²) in [7, 11) is 0. The molecule has 1 unspecified atom stereocenters. The van der Waals surface area contributed by atoms with Gasteiger partial charge in [-0.05, 0) is 52.9 Å². The van der Waals surface area contributed by atoms with Crippen molar-refractivity contribution in [1.29, 1.82) is 5.41 Å². The number of nitrogens with zero attached hydrogens (tertiary/aromatic N) is 1. The van der Waals surface area contributed by atoms with Crippen LogP contribution in [-0.2, 0) is 4.74 Å². The van der Waals surface area contributed by atoms with E-state index in [1.807, 2.05) is 40.7 Å². The fourth-order valence-corrected chi connectivity index (χ4v) is 2.35. The monoisotopic (exact) mass is 296 g/mol. The van der Waals surface area contributed by atoms with E-state index in [2.05, 4.69) is 13.5 Å². The summed E-state index contributed by atoms with van der Waals surface area (Å²) in [5.74, 6) is 0.211. The van der Waals surface area contributed by atoms with Crippen LogP contribution in [0.2, 0.25) is 0 Å². The minimum absolute atomic E-state index is 0.199. The molecule has 2 atom stereocenters. The maximum atomic E-state index is 12.4. The first kappa shape index (κ1) is 19.7. The molecule has 0 aromatic rings. The van der Waals surface area contributed by atoms with Crippen LogP contribution in [0.15, 0.2) is 12.7 Å². The normalized spacial score (nSPS) is 14.2. The SMILES string of the molecule is C=CCCC(C)[C@@H](C(=N)CC)N(CC)C(=O)OC(C)(C)C. The van der Waals surface area contributed by atoms with Crippen LogP contribution in [0.25, 0.3) is 0 Å². The van der Waals surface area contributed by atoms with Gasteiger partial charge in [-0.3, -0.25) is 4.90 Å². The summed E-state index contributed by atoms with van der Waals surface area (Å²) >= 11 is 0. The molecular formula is C17H32N2O2. The molecule has 0 saturated heterocycles. The maximum Gasteiger partial charge on any atom is 0.410 e. The second kappa shape index (κ2) is 8.85. The molecule has 1 amide bonds. The third-order valence-corrected chi connectivity index (χ3v) is 3.41. The summed E-state index contributed by atoms with van der Waals surface area (Å²) in [5.41, 5.74) is 0.0626.